The molecular formula is C52H48N8O7S4. The lowest BCUT2D eigenvalue weighted by molar-refractivity contribution is -0.435. The van der Waals surface area contributed by atoms with E-state index in [0.717, 1.165) is 42.0 Å². The smallest absolute Gasteiger partial charge is 0.407 e. The van der Waals surface area contributed by atoms with E-state index < -0.39 is 48.2 Å². The number of aromatic nitrogens is 2. The quantitative estimate of drug-likeness (QED) is 0.0326. The van der Waals surface area contributed by atoms with Crippen molar-refractivity contribution in [2.24, 2.45) is 5.11 Å². The number of carbonyl (C=O) groups excluding carboxylic acids is 4. The second-order valence-corrected chi connectivity index (χ2v) is 19.7. The Kier molecular flexibility index (Phi) is 17.1. The van der Waals surface area contributed by atoms with Crippen molar-refractivity contribution >= 4 is 80.7 Å². The lowest BCUT2D eigenvalue weighted by Crippen LogP contribution is -2.49. The van der Waals surface area contributed by atoms with Crippen LogP contribution in [0.2, 0.25) is 0 Å². The number of amides is 4. The molecule has 71 heavy (non-hydrogen) atoms. The van der Waals surface area contributed by atoms with Gasteiger partial charge in [0, 0.05) is 40.8 Å². The molecule has 15 nitrogen and oxygen atoms in total. The molecule has 8 rings (SSSR count). The van der Waals surface area contributed by atoms with Gasteiger partial charge in [-0.05, 0) is 70.1 Å². The number of nitrogens with zero attached hydrogens (tertiary/aromatic N) is 4. The Morgan fingerprint density at radius 1 is 0.535 bits per heavy atom. The number of hydrogen-bond donors (Lipinski definition) is 4. The van der Waals surface area contributed by atoms with E-state index in [1.54, 1.807) is 59.1 Å². The topological polar surface area (TPSA) is 199 Å². The molecule has 4 amide bonds. The number of rotatable bonds is 20. The number of methoxy groups -OCH3 is 2. The van der Waals surface area contributed by atoms with Crippen LogP contribution in [-0.4, -0.2) is 65.1 Å². The van der Waals surface area contributed by atoms with Crippen molar-refractivity contribution in [3.8, 4) is 19.8 Å². The molecule has 0 saturated carbocycles. The fourth-order valence-electron chi connectivity index (χ4n) is 7.54. The molecule has 0 bridgehead atoms. The van der Waals surface area contributed by atoms with E-state index >= 15 is 0 Å². The average Bonchev–Trinajstić information content (AvgIpc) is 4.26. The van der Waals surface area contributed by atoms with Gasteiger partial charge in [0.15, 0.2) is 0 Å². The highest BCUT2D eigenvalue weighted by Gasteiger charge is 2.29. The first-order valence-electron chi connectivity index (χ1n) is 22.3. The number of nitrogens with one attached hydrogen (secondary N) is 4. The third-order valence-electron chi connectivity index (χ3n) is 11.2. The van der Waals surface area contributed by atoms with Gasteiger partial charge < -0.3 is 35.9 Å². The molecule has 0 aliphatic carbocycles. The van der Waals surface area contributed by atoms with Crippen LogP contribution in [-0.2, 0) is 44.7 Å². The fraction of sp³-hybridized carbons (Fsp3) is 0.192. The number of azo groups is 1. The van der Waals surface area contributed by atoms with Crippen LogP contribution >= 0.6 is 45.3 Å². The number of thiophene rings is 2. The Balaban J connectivity index is 0.973. The standard InChI is InChI=1S/C52H48N8O7S4/c1-66-51(63)57-41(29-33-11-5-3-6-12-33)47(61)53-39(43-31-70-49(55-43)45-15-9-25-68-45)27-35-17-21-37(22-18-35)59-60(65)38-23-19-36(20-24-38)28-40(44-32-71-50(56-44)46-16-10-26-69-46)54-48(62)42(58-52(64)67-2)30-34-13-7-4-8-14-34/h3-26,31-32,39-42H,27-30H2,1-2H3,(H,53,61)(H,54,62)(H,57,63)(H,58,64)/t39?,40?,41-,42-/m0/s1. The highest BCUT2D eigenvalue weighted by Crippen LogP contribution is 2.33. The van der Waals surface area contributed by atoms with Crippen LogP contribution in [0.1, 0.15) is 45.7 Å². The minimum atomic E-state index is -0.931. The number of ether oxygens (including phenoxy) is 2. The molecule has 2 unspecified atom stereocenters. The second kappa shape index (κ2) is 24.3. The third kappa shape index (κ3) is 13.8. The lowest BCUT2D eigenvalue weighted by Gasteiger charge is -2.23. The van der Waals surface area contributed by atoms with Crippen LogP contribution in [0, 0.1) is 5.21 Å². The van der Waals surface area contributed by atoms with Gasteiger partial charge in [-0.15, -0.1) is 45.3 Å². The zero-order valence-electron chi connectivity index (χ0n) is 38.4. The SMILES string of the molecule is COC(=O)N[C@@H](Cc1ccccc1)C(=O)NC(Cc1ccc(N=[N+]([O-])c2ccc(CC(NC(=O)[C@H](Cc3ccccc3)NC(=O)OC)c3csc(-c4cccs4)n3)cc2)cc1)c1csc(-c2cccs2)n1. The molecular weight excluding hydrogens is 977 g/mol. The Hall–Kier alpha value is -7.58. The average molecular weight is 1030 g/mol. The van der Waals surface area contributed by atoms with Gasteiger partial charge in [0.2, 0.25) is 17.5 Å². The molecule has 0 radical (unpaired) electrons. The Morgan fingerprint density at radius 2 is 0.958 bits per heavy atom. The molecule has 19 heteroatoms. The number of thiazole rings is 2. The third-order valence-corrected chi connectivity index (χ3v) is 15.0. The summed E-state index contributed by atoms with van der Waals surface area (Å²) in [6.45, 7) is 0. The molecule has 0 saturated heterocycles. The van der Waals surface area contributed by atoms with Gasteiger partial charge in [-0.25, -0.2) is 19.6 Å². The van der Waals surface area contributed by atoms with Gasteiger partial charge >= 0.3 is 12.2 Å². The predicted octanol–water partition coefficient (Wildman–Crippen LogP) is 10.7. The van der Waals surface area contributed by atoms with Crippen molar-refractivity contribution < 1.29 is 33.5 Å². The maximum absolute atomic E-state index is 14.0. The van der Waals surface area contributed by atoms with Crippen LogP contribution in [0.25, 0.3) is 19.8 Å². The number of benzene rings is 4. The van der Waals surface area contributed by atoms with Crippen molar-refractivity contribution in [3.63, 3.8) is 0 Å². The monoisotopic (exact) mass is 1020 g/mol. The maximum Gasteiger partial charge on any atom is 0.407 e. The molecule has 8 aromatic rings. The molecule has 4 atom stereocenters. The Morgan fingerprint density at radius 3 is 1.37 bits per heavy atom. The van der Waals surface area contributed by atoms with E-state index in [0.29, 0.717) is 34.8 Å². The molecule has 4 aromatic carbocycles. The minimum Gasteiger partial charge on any atom is -0.594 e. The van der Waals surface area contributed by atoms with Crippen LogP contribution in [0.5, 0.6) is 0 Å². The van der Waals surface area contributed by atoms with E-state index in [9.17, 15) is 24.4 Å². The van der Waals surface area contributed by atoms with Gasteiger partial charge in [0.05, 0.1) is 47.4 Å². The largest absolute Gasteiger partial charge is 0.594 e. The van der Waals surface area contributed by atoms with Crippen molar-refractivity contribution in [2.45, 2.75) is 49.9 Å². The zero-order valence-corrected chi connectivity index (χ0v) is 41.7. The summed E-state index contributed by atoms with van der Waals surface area (Å²) in [6, 6.07) is 37.8. The zero-order chi connectivity index (χ0) is 49.5. The molecule has 362 valence electrons. The summed E-state index contributed by atoms with van der Waals surface area (Å²) in [4.78, 5) is 65.1. The van der Waals surface area contributed by atoms with Gasteiger partial charge in [-0.1, -0.05) is 102 Å². The minimum absolute atomic E-state index is 0.238. The molecule has 4 heterocycles. The molecule has 0 aliphatic rings. The summed E-state index contributed by atoms with van der Waals surface area (Å²) in [5.74, 6) is -0.809. The normalized spacial score (nSPS) is 13.0. The highest BCUT2D eigenvalue weighted by atomic mass is 32.1. The highest BCUT2D eigenvalue weighted by molar-refractivity contribution is 7.20. The van der Waals surface area contributed by atoms with Gasteiger partial charge in [0.1, 0.15) is 27.8 Å². The van der Waals surface area contributed by atoms with Crippen LogP contribution < -0.4 is 21.3 Å². The van der Waals surface area contributed by atoms with Crippen molar-refractivity contribution in [3.05, 3.63) is 194 Å². The number of alkyl carbamates (subject to hydrolysis) is 2. The fourth-order valence-corrected chi connectivity index (χ4v) is 10.9. The molecule has 4 N–H and O–H groups in total. The first-order valence-corrected chi connectivity index (χ1v) is 25.9. The van der Waals surface area contributed by atoms with E-state index in [-0.39, 0.29) is 18.5 Å². The van der Waals surface area contributed by atoms with Crippen LogP contribution in [0.15, 0.2) is 160 Å². The van der Waals surface area contributed by atoms with E-state index in [4.69, 9.17) is 19.4 Å². The first kappa shape index (κ1) is 49.8. The van der Waals surface area contributed by atoms with Gasteiger partial charge in [-0.3, -0.25) is 9.59 Å². The molecule has 0 fully saturated rings. The number of hydrogen-bond acceptors (Lipinski definition) is 14. The second-order valence-electron chi connectivity index (χ2n) is 16.1. The first-order chi connectivity index (χ1) is 34.6. The van der Waals surface area contributed by atoms with Crippen LogP contribution in [0.3, 0.4) is 0 Å². The summed E-state index contributed by atoms with van der Waals surface area (Å²) in [7, 11) is 2.50. The summed E-state index contributed by atoms with van der Waals surface area (Å²) in [5, 5.41) is 38.9. The van der Waals surface area contributed by atoms with Gasteiger partial charge in [-0.2, -0.15) is 0 Å². The predicted molar refractivity (Wildman–Crippen MR) is 277 cm³/mol. The van der Waals surface area contributed by atoms with Crippen LogP contribution in [0.4, 0.5) is 21.0 Å². The summed E-state index contributed by atoms with van der Waals surface area (Å²) < 4.78 is 9.70. The summed E-state index contributed by atoms with van der Waals surface area (Å²) in [5.41, 5.74) is 5.40. The van der Waals surface area contributed by atoms with Gasteiger partial charge in [0.25, 0.3) is 0 Å². The summed E-state index contributed by atoms with van der Waals surface area (Å²) in [6.07, 6.45) is -0.281. The summed E-state index contributed by atoms with van der Waals surface area (Å²) >= 11 is 6.11. The Labute approximate surface area is 425 Å². The molecule has 4 aromatic heterocycles. The van der Waals surface area contributed by atoms with Crippen molar-refractivity contribution in [1.29, 1.82) is 0 Å². The van der Waals surface area contributed by atoms with Crippen molar-refractivity contribution in [1.82, 2.24) is 31.2 Å². The van der Waals surface area contributed by atoms with E-state index in [1.807, 2.05) is 119 Å². The molecule has 0 aliphatic heterocycles. The van der Waals surface area contributed by atoms with E-state index in [1.165, 1.54) is 36.9 Å². The van der Waals surface area contributed by atoms with Crippen molar-refractivity contribution in [2.75, 3.05) is 14.2 Å². The lowest BCUT2D eigenvalue weighted by atomic mass is 10.0. The maximum atomic E-state index is 14.0. The molecule has 0 spiro atoms. The number of carbonyl (C=O) groups is 4. The van der Waals surface area contributed by atoms with E-state index in [2.05, 4.69) is 26.4 Å². The Bertz CT molecular complexity index is 3020.